The van der Waals surface area contributed by atoms with Crippen molar-refractivity contribution in [2.24, 2.45) is 0 Å². The zero-order valence-corrected chi connectivity index (χ0v) is 13.6. The molecule has 21 heavy (non-hydrogen) atoms. The monoisotopic (exact) mass is 345 g/mol. The maximum Gasteiger partial charge on any atom is 0.345 e. The minimum Gasteiger partial charge on any atom is -0.477 e. The standard InChI is InChI=1S/C13H12ClNO4S2/c1-7-3-4-9(14)10(5-7)15-21(18,19)12-6-11(13(16)17)20-8(12)2/h3-6,15H,1-2H3,(H,16,17). The summed E-state index contributed by atoms with van der Waals surface area (Å²) in [7, 11) is -3.88. The molecule has 1 aromatic carbocycles. The molecule has 0 aliphatic heterocycles. The molecule has 1 heterocycles. The van der Waals surface area contributed by atoms with Crippen molar-refractivity contribution in [1.82, 2.24) is 0 Å². The second kappa shape index (κ2) is 5.67. The summed E-state index contributed by atoms with van der Waals surface area (Å²) in [5.74, 6) is -1.15. The van der Waals surface area contributed by atoms with Gasteiger partial charge in [0.25, 0.3) is 10.0 Å². The third-order valence-electron chi connectivity index (χ3n) is 2.74. The van der Waals surface area contributed by atoms with E-state index < -0.39 is 16.0 Å². The summed E-state index contributed by atoms with van der Waals surface area (Å²) in [6.07, 6.45) is 0. The molecule has 5 nitrogen and oxygen atoms in total. The van der Waals surface area contributed by atoms with E-state index in [0.29, 0.717) is 4.88 Å². The van der Waals surface area contributed by atoms with Crippen LogP contribution in [-0.4, -0.2) is 19.5 Å². The Morgan fingerprint density at radius 1 is 1.29 bits per heavy atom. The number of carbonyl (C=O) groups is 1. The van der Waals surface area contributed by atoms with Crippen molar-refractivity contribution in [3.05, 3.63) is 44.6 Å². The zero-order chi connectivity index (χ0) is 15.8. The highest BCUT2D eigenvalue weighted by Crippen LogP contribution is 2.30. The van der Waals surface area contributed by atoms with Gasteiger partial charge in [-0.1, -0.05) is 17.7 Å². The fourth-order valence-electron chi connectivity index (χ4n) is 1.75. The molecular weight excluding hydrogens is 334 g/mol. The third kappa shape index (κ3) is 3.37. The van der Waals surface area contributed by atoms with E-state index in [1.807, 2.05) is 6.92 Å². The molecule has 0 amide bonds. The third-order valence-corrected chi connectivity index (χ3v) is 5.73. The molecule has 0 radical (unpaired) electrons. The summed E-state index contributed by atoms with van der Waals surface area (Å²) in [5, 5.41) is 9.21. The highest BCUT2D eigenvalue weighted by atomic mass is 35.5. The number of anilines is 1. The van der Waals surface area contributed by atoms with Gasteiger partial charge in [0.05, 0.1) is 10.7 Å². The second-order valence-corrected chi connectivity index (χ2v) is 7.74. The molecule has 0 spiro atoms. The van der Waals surface area contributed by atoms with Crippen molar-refractivity contribution in [1.29, 1.82) is 0 Å². The molecule has 112 valence electrons. The molecule has 2 N–H and O–H groups in total. The first-order valence-electron chi connectivity index (χ1n) is 5.83. The van der Waals surface area contributed by atoms with E-state index in [4.69, 9.17) is 16.7 Å². The van der Waals surface area contributed by atoms with Crippen molar-refractivity contribution >= 4 is 44.6 Å². The van der Waals surface area contributed by atoms with Gasteiger partial charge in [-0.05, 0) is 37.6 Å². The first-order valence-corrected chi connectivity index (χ1v) is 8.51. The van der Waals surface area contributed by atoms with Crippen LogP contribution in [0.25, 0.3) is 0 Å². The number of hydrogen-bond donors (Lipinski definition) is 2. The number of rotatable bonds is 4. The Balaban J connectivity index is 2.43. The van der Waals surface area contributed by atoms with Gasteiger partial charge in [0.15, 0.2) is 0 Å². The quantitative estimate of drug-likeness (QED) is 0.888. The maximum atomic E-state index is 12.4. The smallest absolute Gasteiger partial charge is 0.345 e. The predicted octanol–water partition coefficient (Wildman–Crippen LogP) is 3.52. The Hall–Kier alpha value is -1.57. The molecule has 0 saturated heterocycles. The van der Waals surface area contributed by atoms with Crippen molar-refractivity contribution in [2.75, 3.05) is 4.72 Å². The van der Waals surface area contributed by atoms with Crippen LogP contribution in [-0.2, 0) is 10.0 Å². The predicted molar refractivity (Wildman–Crippen MR) is 83.0 cm³/mol. The van der Waals surface area contributed by atoms with E-state index >= 15 is 0 Å². The van der Waals surface area contributed by atoms with E-state index in [2.05, 4.69) is 4.72 Å². The van der Waals surface area contributed by atoms with Gasteiger partial charge in [-0.2, -0.15) is 0 Å². The van der Waals surface area contributed by atoms with Crippen molar-refractivity contribution < 1.29 is 18.3 Å². The molecule has 0 unspecified atom stereocenters. The largest absolute Gasteiger partial charge is 0.477 e. The molecule has 0 aliphatic rings. The molecule has 0 fully saturated rings. The van der Waals surface area contributed by atoms with E-state index in [1.54, 1.807) is 25.1 Å². The van der Waals surface area contributed by atoms with Crippen LogP contribution in [0.3, 0.4) is 0 Å². The van der Waals surface area contributed by atoms with Crippen molar-refractivity contribution in [2.45, 2.75) is 18.7 Å². The van der Waals surface area contributed by atoms with Gasteiger partial charge in [0, 0.05) is 4.88 Å². The second-order valence-electron chi connectivity index (χ2n) is 4.43. The summed E-state index contributed by atoms with van der Waals surface area (Å²) >= 11 is 6.88. The lowest BCUT2D eigenvalue weighted by Crippen LogP contribution is -2.13. The molecule has 0 aliphatic carbocycles. The van der Waals surface area contributed by atoms with Crippen molar-refractivity contribution in [3.8, 4) is 0 Å². The topological polar surface area (TPSA) is 83.5 Å². The highest BCUT2D eigenvalue weighted by Gasteiger charge is 2.23. The van der Waals surface area contributed by atoms with Gasteiger partial charge in [-0.3, -0.25) is 4.72 Å². The molecule has 8 heteroatoms. The van der Waals surface area contributed by atoms with Gasteiger partial charge >= 0.3 is 5.97 Å². The Morgan fingerprint density at radius 2 is 1.95 bits per heavy atom. The number of aromatic carboxylic acids is 1. The van der Waals surface area contributed by atoms with Crippen LogP contribution in [0, 0.1) is 13.8 Å². The van der Waals surface area contributed by atoms with E-state index in [-0.39, 0.29) is 20.5 Å². The van der Waals surface area contributed by atoms with E-state index in [9.17, 15) is 13.2 Å². The van der Waals surface area contributed by atoms with Crippen LogP contribution in [0.5, 0.6) is 0 Å². The molecule has 0 atom stereocenters. The van der Waals surface area contributed by atoms with Crippen LogP contribution in [0.4, 0.5) is 5.69 Å². The van der Waals surface area contributed by atoms with Gasteiger partial charge < -0.3 is 5.11 Å². The summed E-state index contributed by atoms with van der Waals surface area (Å²) in [5.41, 5.74) is 1.12. The maximum absolute atomic E-state index is 12.4. The number of aryl methyl sites for hydroxylation is 2. The number of sulfonamides is 1. The molecule has 0 saturated carbocycles. The number of halogens is 1. The number of hydrogen-bond acceptors (Lipinski definition) is 4. The fraction of sp³-hybridized carbons (Fsp3) is 0.154. The summed E-state index contributed by atoms with van der Waals surface area (Å²) in [6, 6.07) is 6.12. The minimum absolute atomic E-state index is 0.0248. The van der Waals surface area contributed by atoms with Gasteiger partial charge in [-0.15, -0.1) is 11.3 Å². The lowest BCUT2D eigenvalue weighted by atomic mass is 10.2. The highest BCUT2D eigenvalue weighted by molar-refractivity contribution is 7.93. The Labute approximate surface area is 131 Å². The Morgan fingerprint density at radius 3 is 2.52 bits per heavy atom. The molecule has 2 aromatic rings. The SMILES string of the molecule is Cc1ccc(Cl)c(NS(=O)(=O)c2cc(C(=O)O)sc2C)c1. The van der Waals surface area contributed by atoms with Crippen LogP contribution in [0.2, 0.25) is 5.02 Å². The van der Waals surface area contributed by atoms with Crippen LogP contribution in [0.1, 0.15) is 20.1 Å². The zero-order valence-electron chi connectivity index (χ0n) is 11.2. The molecule has 0 bridgehead atoms. The van der Waals surface area contributed by atoms with Crippen LogP contribution in [0.15, 0.2) is 29.2 Å². The molecule has 1 aromatic heterocycles. The van der Waals surface area contributed by atoms with E-state index in [1.165, 1.54) is 0 Å². The Kier molecular flexibility index (Phi) is 4.27. The number of benzene rings is 1. The number of nitrogens with one attached hydrogen (secondary N) is 1. The van der Waals surface area contributed by atoms with E-state index in [0.717, 1.165) is 23.0 Å². The first-order chi connectivity index (χ1) is 9.70. The lowest BCUT2D eigenvalue weighted by molar-refractivity contribution is 0.0702. The molecule has 2 rings (SSSR count). The lowest BCUT2D eigenvalue weighted by Gasteiger charge is -2.10. The summed E-state index contributed by atoms with van der Waals surface area (Å²) < 4.78 is 27.1. The number of thiophene rings is 1. The average Bonchev–Trinajstić information content (AvgIpc) is 2.77. The van der Waals surface area contributed by atoms with Gasteiger partial charge in [0.1, 0.15) is 9.77 Å². The fourth-order valence-corrected chi connectivity index (χ4v) is 4.48. The summed E-state index contributed by atoms with van der Waals surface area (Å²) in [4.78, 5) is 11.3. The van der Waals surface area contributed by atoms with Gasteiger partial charge in [0.2, 0.25) is 0 Å². The van der Waals surface area contributed by atoms with Crippen LogP contribution < -0.4 is 4.72 Å². The first kappa shape index (κ1) is 15.8. The normalized spacial score (nSPS) is 11.4. The minimum atomic E-state index is -3.88. The van der Waals surface area contributed by atoms with Crippen molar-refractivity contribution in [3.63, 3.8) is 0 Å². The number of carboxylic acids is 1. The Bertz CT molecular complexity index is 812. The number of carboxylic acid groups (broad SMARTS) is 1. The average molecular weight is 346 g/mol. The summed E-state index contributed by atoms with van der Waals surface area (Å²) in [6.45, 7) is 3.37. The van der Waals surface area contributed by atoms with Gasteiger partial charge in [-0.25, -0.2) is 13.2 Å². The molecular formula is C13H12ClNO4S2. The van der Waals surface area contributed by atoms with Crippen LogP contribution >= 0.6 is 22.9 Å².